The Hall–Kier alpha value is -3.23. The Balaban J connectivity index is 1.92. The standard InChI is InChI=1S/C26H32N2O5Si/c1-17(32-3)19-9-11-20(12-10-19)25(28(2)26(31)23-16-24(30)27-33-23)22(29)15-18-7-13-21(14-8-18)34(4,5)6/h7-14,16-17,25H,15H2,1-6H3,(H,27,30). The maximum atomic E-state index is 13.5. The number of carbonyl (C=O) groups is 2. The van der Waals surface area contributed by atoms with E-state index in [0.29, 0.717) is 5.56 Å². The van der Waals surface area contributed by atoms with Crippen molar-refractivity contribution < 1.29 is 18.8 Å². The summed E-state index contributed by atoms with van der Waals surface area (Å²) in [6.07, 6.45) is 0.0725. The molecule has 2 atom stereocenters. The molecule has 0 saturated heterocycles. The van der Waals surface area contributed by atoms with E-state index in [0.717, 1.165) is 17.2 Å². The minimum Gasteiger partial charge on any atom is -0.377 e. The lowest BCUT2D eigenvalue weighted by Crippen LogP contribution is -2.38. The van der Waals surface area contributed by atoms with Crippen LogP contribution >= 0.6 is 0 Å². The van der Waals surface area contributed by atoms with Crippen LogP contribution in [0, 0.1) is 0 Å². The largest absolute Gasteiger partial charge is 0.377 e. The predicted octanol–water partition coefficient (Wildman–Crippen LogP) is 3.85. The van der Waals surface area contributed by atoms with Gasteiger partial charge in [0.05, 0.1) is 20.2 Å². The van der Waals surface area contributed by atoms with Crippen molar-refractivity contribution in [1.82, 2.24) is 10.1 Å². The van der Waals surface area contributed by atoms with Gasteiger partial charge in [0.2, 0.25) is 5.76 Å². The summed E-state index contributed by atoms with van der Waals surface area (Å²) in [4.78, 5) is 39.3. The number of carbonyl (C=O) groups excluding carboxylic acids is 2. The van der Waals surface area contributed by atoms with E-state index < -0.39 is 25.6 Å². The van der Waals surface area contributed by atoms with Gasteiger partial charge in [-0.3, -0.25) is 14.4 Å². The Morgan fingerprint density at radius 3 is 2.12 bits per heavy atom. The third-order valence-electron chi connectivity index (χ3n) is 6.02. The molecule has 0 spiro atoms. The molecule has 0 aliphatic rings. The van der Waals surface area contributed by atoms with Crippen molar-refractivity contribution in [3.63, 3.8) is 0 Å². The number of hydrogen-bond donors (Lipinski definition) is 1. The van der Waals surface area contributed by atoms with Gasteiger partial charge in [0.15, 0.2) is 5.78 Å². The maximum absolute atomic E-state index is 13.5. The Morgan fingerprint density at radius 1 is 1.03 bits per heavy atom. The predicted molar refractivity (Wildman–Crippen MR) is 134 cm³/mol. The molecular formula is C26H32N2O5Si. The molecule has 7 nitrogen and oxygen atoms in total. The second-order valence-electron chi connectivity index (χ2n) is 9.53. The number of ketones is 1. The van der Waals surface area contributed by atoms with E-state index >= 15 is 0 Å². The van der Waals surface area contributed by atoms with Gasteiger partial charge in [-0.15, -0.1) is 0 Å². The molecule has 1 amide bonds. The minimum absolute atomic E-state index is 0.0958. The van der Waals surface area contributed by atoms with E-state index in [1.54, 1.807) is 7.11 Å². The number of methoxy groups -OCH3 is 1. The Morgan fingerprint density at radius 2 is 1.62 bits per heavy atom. The number of aromatic amines is 1. The van der Waals surface area contributed by atoms with E-state index in [-0.39, 0.29) is 24.1 Å². The van der Waals surface area contributed by atoms with Gasteiger partial charge in [-0.05, 0) is 23.6 Å². The Bertz CT molecular complexity index is 1190. The number of H-pyrrole nitrogens is 1. The molecule has 0 aliphatic carbocycles. The van der Waals surface area contributed by atoms with E-state index in [4.69, 9.17) is 9.26 Å². The highest BCUT2D eigenvalue weighted by atomic mass is 28.3. The van der Waals surface area contributed by atoms with Crippen molar-refractivity contribution in [2.75, 3.05) is 14.2 Å². The Labute approximate surface area is 200 Å². The monoisotopic (exact) mass is 480 g/mol. The molecule has 1 N–H and O–H groups in total. The van der Waals surface area contributed by atoms with Gasteiger partial charge in [-0.1, -0.05) is 73.4 Å². The van der Waals surface area contributed by atoms with Gasteiger partial charge >= 0.3 is 0 Å². The minimum atomic E-state index is -1.44. The maximum Gasteiger partial charge on any atom is 0.293 e. The van der Waals surface area contributed by atoms with Crippen molar-refractivity contribution in [3.05, 3.63) is 87.4 Å². The highest BCUT2D eigenvalue weighted by molar-refractivity contribution is 6.88. The van der Waals surface area contributed by atoms with Crippen LogP contribution in [0.1, 0.15) is 46.3 Å². The van der Waals surface area contributed by atoms with Crippen molar-refractivity contribution in [2.24, 2.45) is 0 Å². The summed E-state index contributed by atoms with van der Waals surface area (Å²) in [7, 11) is 1.73. The molecule has 0 saturated carbocycles. The van der Waals surface area contributed by atoms with Gasteiger partial charge in [-0.2, -0.15) is 5.16 Å². The fraction of sp³-hybridized carbons (Fsp3) is 0.346. The second kappa shape index (κ2) is 10.4. The molecule has 0 radical (unpaired) electrons. The molecule has 2 aromatic carbocycles. The number of Topliss-reactive ketones (excluding diaryl/α,β-unsaturated/α-hetero) is 1. The zero-order valence-corrected chi connectivity index (χ0v) is 21.5. The fourth-order valence-corrected chi connectivity index (χ4v) is 4.98. The van der Waals surface area contributed by atoms with Gasteiger partial charge < -0.3 is 14.2 Å². The highest BCUT2D eigenvalue weighted by Crippen LogP contribution is 2.26. The first-order chi connectivity index (χ1) is 16.0. The van der Waals surface area contributed by atoms with Crippen LogP contribution in [0.5, 0.6) is 0 Å². The molecule has 8 heteroatoms. The normalized spacial score (nSPS) is 13.4. The van der Waals surface area contributed by atoms with Crippen molar-refractivity contribution in [2.45, 2.75) is 45.1 Å². The topological polar surface area (TPSA) is 92.6 Å². The first-order valence-corrected chi connectivity index (χ1v) is 14.7. The third kappa shape index (κ3) is 5.81. The quantitative estimate of drug-likeness (QED) is 0.470. The van der Waals surface area contributed by atoms with Gasteiger partial charge in [-0.25, -0.2) is 0 Å². The van der Waals surface area contributed by atoms with Crippen molar-refractivity contribution in [1.29, 1.82) is 0 Å². The molecule has 0 bridgehead atoms. The lowest BCUT2D eigenvalue weighted by atomic mass is 9.95. The molecule has 0 aliphatic heterocycles. The van der Waals surface area contributed by atoms with Gasteiger partial charge in [0, 0.05) is 20.6 Å². The number of benzene rings is 2. The van der Waals surface area contributed by atoms with Crippen molar-refractivity contribution in [3.8, 4) is 0 Å². The number of rotatable bonds is 9. The average Bonchev–Trinajstić information content (AvgIpc) is 3.24. The molecule has 1 heterocycles. The van der Waals surface area contributed by atoms with Crippen molar-refractivity contribution >= 4 is 25.0 Å². The number of aromatic nitrogens is 1. The summed E-state index contributed by atoms with van der Waals surface area (Å²) < 4.78 is 10.4. The first kappa shape index (κ1) is 25.4. The summed E-state index contributed by atoms with van der Waals surface area (Å²) in [6.45, 7) is 8.76. The molecule has 3 aromatic rings. The van der Waals surface area contributed by atoms with E-state index in [9.17, 15) is 14.4 Å². The van der Waals surface area contributed by atoms with Crippen LogP contribution in [0.2, 0.25) is 19.6 Å². The average molecular weight is 481 g/mol. The fourth-order valence-electron chi connectivity index (χ4n) is 3.81. The van der Waals surface area contributed by atoms with E-state index in [2.05, 4.69) is 36.9 Å². The SMILES string of the molecule is COC(C)c1ccc(C(C(=O)Cc2ccc([Si](C)(C)C)cc2)N(C)C(=O)c2cc(=O)[nH]o2)cc1. The molecule has 1 aromatic heterocycles. The number of ether oxygens (including phenoxy) is 1. The number of amides is 1. The summed E-state index contributed by atoms with van der Waals surface area (Å²) >= 11 is 0. The lowest BCUT2D eigenvalue weighted by Gasteiger charge is -2.27. The van der Waals surface area contributed by atoms with Crippen LogP contribution < -0.4 is 10.7 Å². The Kier molecular flexibility index (Phi) is 7.74. The molecular weight excluding hydrogens is 448 g/mol. The van der Waals surface area contributed by atoms with E-state index in [1.807, 2.05) is 43.3 Å². The third-order valence-corrected chi connectivity index (χ3v) is 8.09. The zero-order valence-electron chi connectivity index (χ0n) is 20.5. The second-order valence-corrected chi connectivity index (χ2v) is 14.6. The number of likely N-dealkylation sites (N-methyl/N-ethyl adjacent to an activating group) is 1. The lowest BCUT2D eigenvalue weighted by molar-refractivity contribution is -0.122. The van der Waals surface area contributed by atoms with Crippen LogP contribution in [0.25, 0.3) is 0 Å². The van der Waals surface area contributed by atoms with Crippen LogP contribution in [-0.2, 0) is 16.0 Å². The van der Waals surface area contributed by atoms with Crippen LogP contribution in [0.3, 0.4) is 0 Å². The summed E-state index contributed by atoms with van der Waals surface area (Å²) in [5.41, 5.74) is 2.00. The van der Waals surface area contributed by atoms with E-state index in [1.165, 1.54) is 17.1 Å². The van der Waals surface area contributed by atoms with Gasteiger partial charge in [0.25, 0.3) is 11.5 Å². The summed E-state index contributed by atoms with van der Waals surface area (Å²) in [5.74, 6) is -0.837. The summed E-state index contributed by atoms with van der Waals surface area (Å²) in [6, 6.07) is 15.8. The number of nitrogens with one attached hydrogen (secondary N) is 1. The highest BCUT2D eigenvalue weighted by Gasteiger charge is 2.31. The van der Waals surface area contributed by atoms with Gasteiger partial charge in [0.1, 0.15) is 6.04 Å². The molecule has 34 heavy (non-hydrogen) atoms. The first-order valence-electron chi connectivity index (χ1n) is 11.2. The molecule has 2 unspecified atom stereocenters. The molecule has 180 valence electrons. The van der Waals surface area contributed by atoms with Crippen LogP contribution in [0.4, 0.5) is 0 Å². The van der Waals surface area contributed by atoms with Crippen LogP contribution in [0.15, 0.2) is 63.9 Å². The number of hydrogen-bond acceptors (Lipinski definition) is 5. The smallest absolute Gasteiger partial charge is 0.293 e. The summed E-state index contributed by atoms with van der Waals surface area (Å²) in [5, 5.41) is 3.44. The molecule has 0 fully saturated rings. The number of nitrogens with zero attached hydrogens (tertiary/aromatic N) is 1. The zero-order chi connectivity index (χ0) is 25.0. The molecule has 3 rings (SSSR count). The van der Waals surface area contributed by atoms with Crippen LogP contribution in [-0.4, -0.2) is 44.0 Å².